The highest BCUT2D eigenvalue weighted by atomic mass is 16.6. The molecular formula is C22H25NO3. The van der Waals surface area contributed by atoms with Crippen LogP contribution in [-0.4, -0.2) is 38.2 Å². The van der Waals surface area contributed by atoms with Gasteiger partial charge in [0.05, 0.1) is 7.11 Å². The van der Waals surface area contributed by atoms with Gasteiger partial charge in [0.2, 0.25) is 0 Å². The van der Waals surface area contributed by atoms with E-state index in [0.29, 0.717) is 0 Å². The number of carbonyl (C=O) groups is 1. The van der Waals surface area contributed by atoms with Crippen LogP contribution >= 0.6 is 0 Å². The molecule has 1 atom stereocenters. The van der Waals surface area contributed by atoms with Gasteiger partial charge in [-0.05, 0) is 28.7 Å². The van der Waals surface area contributed by atoms with Crippen LogP contribution in [-0.2, 0) is 20.8 Å². The summed E-state index contributed by atoms with van der Waals surface area (Å²) in [6, 6.07) is 18.6. The van der Waals surface area contributed by atoms with Crippen molar-refractivity contribution in [2.75, 3.05) is 27.3 Å². The SMILES string of the molecule is COC(=O)C(OC)c1ccc(C2=CCN(Cc3ccccc3)CC2)cc1. The van der Waals surface area contributed by atoms with Crippen molar-refractivity contribution in [1.82, 2.24) is 4.90 Å². The Morgan fingerprint density at radius 1 is 1.08 bits per heavy atom. The molecule has 26 heavy (non-hydrogen) atoms. The summed E-state index contributed by atoms with van der Waals surface area (Å²) < 4.78 is 10.0. The van der Waals surface area contributed by atoms with Gasteiger partial charge in [-0.3, -0.25) is 4.90 Å². The molecule has 0 bridgehead atoms. The average Bonchev–Trinajstić information content (AvgIpc) is 2.70. The van der Waals surface area contributed by atoms with Crippen molar-refractivity contribution in [3.8, 4) is 0 Å². The lowest BCUT2D eigenvalue weighted by Gasteiger charge is -2.26. The third-order valence-electron chi connectivity index (χ3n) is 4.78. The molecule has 0 spiro atoms. The maximum atomic E-state index is 11.8. The van der Waals surface area contributed by atoms with Gasteiger partial charge in [-0.1, -0.05) is 60.7 Å². The Bertz CT molecular complexity index is 753. The van der Waals surface area contributed by atoms with Crippen molar-refractivity contribution in [1.29, 1.82) is 0 Å². The Morgan fingerprint density at radius 3 is 2.38 bits per heavy atom. The average molecular weight is 351 g/mol. The van der Waals surface area contributed by atoms with Crippen LogP contribution in [0.4, 0.5) is 0 Å². The molecule has 3 rings (SSSR count). The van der Waals surface area contributed by atoms with E-state index in [2.05, 4.69) is 53.4 Å². The van der Waals surface area contributed by atoms with Crippen LogP contribution in [0, 0.1) is 0 Å². The second-order valence-electron chi connectivity index (χ2n) is 6.46. The summed E-state index contributed by atoms with van der Waals surface area (Å²) in [4.78, 5) is 14.2. The number of esters is 1. The second-order valence-corrected chi connectivity index (χ2v) is 6.46. The highest BCUT2D eigenvalue weighted by Crippen LogP contribution is 2.26. The van der Waals surface area contributed by atoms with Gasteiger partial charge in [-0.2, -0.15) is 0 Å². The van der Waals surface area contributed by atoms with Crippen LogP contribution in [0.5, 0.6) is 0 Å². The van der Waals surface area contributed by atoms with Gasteiger partial charge in [0.15, 0.2) is 6.10 Å². The van der Waals surface area contributed by atoms with Crippen LogP contribution < -0.4 is 0 Å². The van der Waals surface area contributed by atoms with Crippen molar-refractivity contribution >= 4 is 11.5 Å². The van der Waals surface area contributed by atoms with E-state index in [1.807, 2.05) is 12.1 Å². The Hall–Kier alpha value is -2.43. The van der Waals surface area contributed by atoms with E-state index in [0.717, 1.165) is 31.6 Å². The van der Waals surface area contributed by atoms with E-state index in [1.54, 1.807) is 0 Å². The van der Waals surface area contributed by atoms with Crippen molar-refractivity contribution in [3.05, 3.63) is 77.4 Å². The fraction of sp³-hybridized carbons (Fsp3) is 0.318. The topological polar surface area (TPSA) is 38.8 Å². The first-order chi connectivity index (χ1) is 12.7. The molecule has 0 fully saturated rings. The lowest BCUT2D eigenvalue weighted by atomic mass is 9.97. The molecule has 136 valence electrons. The number of hydrogen-bond donors (Lipinski definition) is 0. The first-order valence-corrected chi connectivity index (χ1v) is 8.87. The first-order valence-electron chi connectivity index (χ1n) is 8.87. The molecule has 0 saturated carbocycles. The molecular weight excluding hydrogens is 326 g/mol. The third kappa shape index (κ3) is 4.40. The third-order valence-corrected chi connectivity index (χ3v) is 4.78. The Morgan fingerprint density at radius 2 is 1.81 bits per heavy atom. The van der Waals surface area contributed by atoms with E-state index in [1.165, 1.54) is 30.9 Å². The maximum Gasteiger partial charge on any atom is 0.339 e. The van der Waals surface area contributed by atoms with Crippen LogP contribution in [0.15, 0.2) is 60.7 Å². The Balaban J connectivity index is 1.64. The maximum absolute atomic E-state index is 11.8. The lowest BCUT2D eigenvalue weighted by Crippen LogP contribution is -2.28. The zero-order valence-electron chi connectivity index (χ0n) is 15.4. The van der Waals surface area contributed by atoms with E-state index in [-0.39, 0.29) is 5.97 Å². The fourth-order valence-electron chi connectivity index (χ4n) is 3.31. The van der Waals surface area contributed by atoms with E-state index < -0.39 is 6.10 Å². The van der Waals surface area contributed by atoms with Crippen LogP contribution in [0.3, 0.4) is 0 Å². The molecule has 4 nitrogen and oxygen atoms in total. The Labute approximate surface area is 155 Å². The summed E-state index contributed by atoms with van der Waals surface area (Å²) in [7, 11) is 2.89. The lowest BCUT2D eigenvalue weighted by molar-refractivity contribution is -0.152. The molecule has 2 aromatic carbocycles. The molecule has 4 heteroatoms. The smallest absolute Gasteiger partial charge is 0.339 e. The molecule has 0 saturated heterocycles. The summed E-state index contributed by atoms with van der Waals surface area (Å²) in [6.45, 7) is 2.98. The summed E-state index contributed by atoms with van der Waals surface area (Å²) in [5, 5.41) is 0. The molecule has 1 unspecified atom stereocenters. The van der Waals surface area contributed by atoms with Crippen molar-refractivity contribution in [2.24, 2.45) is 0 Å². The molecule has 0 aromatic heterocycles. The molecule has 0 N–H and O–H groups in total. The number of rotatable bonds is 6. The summed E-state index contributed by atoms with van der Waals surface area (Å²) in [6.07, 6.45) is 2.66. The molecule has 0 amide bonds. The highest BCUT2D eigenvalue weighted by Gasteiger charge is 2.21. The zero-order valence-corrected chi connectivity index (χ0v) is 15.4. The molecule has 0 aliphatic carbocycles. The van der Waals surface area contributed by atoms with Crippen LogP contribution in [0.2, 0.25) is 0 Å². The first kappa shape index (κ1) is 18.4. The number of benzene rings is 2. The van der Waals surface area contributed by atoms with E-state index in [9.17, 15) is 4.79 Å². The molecule has 2 aromatic rings. The monoisotopic (exact) mass is 351 g/mol. The standard InChI is InChI=1S/C22H25NO3/c1-25-21(22(24)26-2)20-10-8-18(9-11-20)19-12-14-23(15-13-19)16-17-6-4-3-5-7-17/h3-12,21H,13-16H2,1-2H3. The predicted octanol–water partition coefficient (Wildman–Crippen LogP) is 3.84. The molecule has 1 aliphatic heterocycles. The highest BCUT2D eigenvalue weighted by molar-refractivity contribution is 5.77. The van der Waals surface area contributed by atoms with E-state index >= 15 is 0 Å². The van der Waals surface area contributed by atoms with Crippen molar-refractivity contribution in [2.45, 2.75) is 19.1 Å². The summed E-state index contributed by atoms with van der Waals surface area (Å²) in [5.41, 5.74) is 4.72. The van der Waals surface area contributed by atoms with Gasteiger partial charge in [0.1, 0.15) is 0 Å². The van der Waals surface area contributed by atoms with Gasteiger partial charge in [-0.25, -0.2) is 4.79 Å². The number of ether oxygens (including phenoxy) is 2. The summed E-state index contributed by atoms with van der Waals surface area (Å²) in [5.74, 6) is -0.381. The number of nitrogens with zero attached hydrogens (tertiary/aromatic N) is 1. The predicted molar refractivity (Wildman–Crippen MR) is 103 cm³/mol. The van der Waals surface area contributed by atoms with Crippen molar-refractivity contribution < 1.29 is 14.3 Å². The minimum absolute atomic E-state index is 0.381. The van der Waals surface area contributed by atoms with Gasteiger partial charge >= 0.3 is 5.97 Å². The van der Waals surface area contributed by atoms with E-state index in [4.69, 9.17) is 9.47 Å². The van der Waals surface area contributed by atoms with Gasteiger partial charge in [0.25, 0.3) is 0 Å². The minimum Gasteiger partial charge on any atom is -0.467 e. The minimum atomic E-state index is -0.671. The summed E-state index contributed by atoms with van der Waals surface area (Å²) >= 11 is 0. The van der Waals surface area contributed by atoms with Gasteiger partial charge in [0, 0.05) is 26.7 Å². The number of carbonyl (C=O) groups excluding carboxylic acids is 1. The van der Waals surface area contributed by atoms with Crippen molar-refractivity contribution in [3.63, 3.8) is 0 Å². The second kappa shape index (κ2) is 8.79. The van der Waals surface area contributed by atoms with Crippen LogP contribution in [0.25, 0.3) is 5.57 Å². The molecule has 0 radical (unpaired) electrons. The van der Waals surface area contributed by atoms with Crippen LogP contribution in [0.1, 0.15) is 29.2 Å². The Kier molecular flexibility index (Phi) is 6.21. The normalized spacial score (nSPS) is 16.0. The molecule has 1 aliphatic rings. The zero-order chi connectivity index (χ0) is 18.4. The fourth-order valence-corrected chi connectivity index (χ4v) is 3.31. The quantitative estimate of drug-likeness (QED) is 0.742. The number of hydrogen-bond acceptors (Lipinski definition) is 4. The molecule has 1 heterocycles. The van der Waals surface area contributed by atoms with Gasteiger partial charge < -0.3 is 9.47 Å². The number of methoxy groups -OCH3 is 2. The van der Waals surface area contributed by atoms with Gasteiger partial charge in [-0.15, -0.1) is 0 Å². The largest absolute Gasteiger partial charge is 0.467 e.